The average molecular weight is 246 g/mol. The van der Waals surface area contributed by atoms with E-state index in [1.807, 2.05) is 6.92 Å². The largest absolute Gasteiger partial charge is 0.382 e. The van der Waals surface area contributed by atoms with Gasteiger partial charge in [0.1, 0.15) is 5.78 Å². The van der Waals surface area contributed by atoms with Crippen molar-refractivity contribution in [1.82, 2.24) is 0 Å². The van der Waals surface area contributed by atoms with Crippen molar-refractivity contribution in [1.29, 1.82) is 0 Å². The van der Waals surface area contributed by atoms with E-state index in [4.69, 9.17) is 4.74 Å². The Morgan fingerprint density at radius 1 is 1.28 bits per heavy atom. The molecule has 0 aliphatic heterocycles. The van der Waals surface area contributed by atoms with Crippen LogP contribution in [0, 0.1) is 0 Å². The van der Waals surface area contributed by atoms with Gasteiger partial charge < -0.3 is 4.74 Å². The molecular weight excluding hydrogens is 224 g/mol. The maximum absolute atomic E-state index is 11.8. The maximum atomic E-state index is 11.8. The zero-order valence-corrected chi connectivity index (χ0v) is 11.2. The molecule has 18 heavy (non-hydrogen) atoms. The summed E-state index contributed by atoms with van der Waals surface area (Å²) in [6.07, 6.45) is 5.72. The number of rotatable bonds is 7. The molecule has 0 aromatic heterocycles. The first kappa shape index (κ1) is 13.3. The third kappa shape index (κ3) is 3.67. The van der Waals surface area contributed by atoms with Gasteiger partial charge >= 0.3 is 0 Å². The minimum absolute atomic E-state index is 0.327. The number of fused-ring (bicyclic) bond motifs is 1. The number of ether oxygens (including phenoxy) is 1. The lowest BCUT2D eigenvalue weighted by Gasteiger charge is -2.05. The van der Waals surface area contributed by atoms with E-state index < -0.39 is 0 Å². The van der Waals surface area contributed by atoms with Gasteiger partial charge in [-0.15, -0.1) is 0 Å². The minimum Gasteiger partial charge on any atom is -0.382 e. The van der Waals surface area contributed by atoms with Crippen molar-refractivity contribution in [2.24, 2.45) is 0 Å². The number of ketones is 1. The number of hydrogen-bond acceptors (Lipinski definition) is 2. The highest BCUT2D eigenvalue weighted by atomic mass is 16.5. The van der Waals surface area contributed by atoms with E-state index in [0.717, 1.165) is 13.0 Å². The molecule has 0 amide bonds. The van der Waals surface area contributed by atoms with Gasteiger partial charge in [0, 0.05) is 26.1 Å². The molecule has 0 atom stereocenters. The van der Waals surface area contributed by atoms with Crippen molar-refractivity contribution in [3.05, 3.63) is 34.9 Å². The molecule has 2 nitrogen and oxygen atoms in total. The monoisotopic (exact) mass is 246 g/mol. The van der Waals surface area contributed by atoms with Crippen LogP contribution in [-0.4, -0.2) is 19.0 Å². The van der Waals surface area contributed by atoms with Crippen molar-refractivity contribution in [2.75, 3.05) is 13.2 Å². The molecule has 0 heterocycles. The molecule has 0 bridgehead atoms. The summed E-state index contributed by atoms with van der Waals surface area (Å²) in [5.41, 5.74) is 4.11. The number of hydrogen-bond donors (Lipinski definition) is 0. The molecule has 1 aromatic rings. The lowest BCUT2D eigenvalue weighted by molar-refractivity contribution is -0.118. The Hall–Kier alpha value is -1.15. The minimum atomic E-state index is 0.327. The van der Waals surface area contributed by atoms with Gasteiger partial charge in [0.2, 0.25) is 0 Å². The number of benzene rings is 1. The SMILES string of the molecule is CCOCCCC(=O)Cc1ccc2c(c1)CCC2. The second-order valence-electron chi connectivity index (χ2n) is 4.97. The molecule has 2 heteroatoms. The third-order valence-corrected chi connectivity index (χ3v) is 3.51. The molecule has 0 saturated heterocycles. The molecule has 0 saturated carbocycles. The number of aryl methyl sites for hydroxylation is 2. The Morgan fingerprint density at radius 3 is 2.94 bits per heavy atom. The van der Waals surface area contributed by atoms with Gasteiger partial charge in [0.25, 0.3) is 0 Å². The van der Waals surface area contributed by atoms with Gasteiger partial charge in [-0.2, -0.15) is 0 Å². The van der Waals surface area contributed by atoms with E-state index in [-0.39, 0.29) is 0 Å². The normalized spacial score (nSPS) is 13.6. The molecule has 0 unspecified atom stereocenters. The molecule has 0 N–H and O–H groups in total. The fourth-order valence-corrected chi connectivity index (χ4v) is 2.57. The van der Waals surface area contributed by atoms with Crippen LogP contribution in [0.15, 0.2) is 18.2 Å². The van der Waals surface area contributed by atoms with E-state index in [1.165, 1.54) is 36.0 Å². The predicted octanol–water partition coefficient (Wildman–Crippen LogP) is 3.10. The van der Waals surface area contributed by atoms with Gasteiger partial charge in [-0.1, -0.05) is 18.2 Å². The summed E-state index contributed by atoms with van der Waals surface area (Å²) in [5, 5.41) is 0. The summed E-state index contributed by atoms with van der Waals surface area (Å²) in [5.74, 6) is 0.327. The van der Waals surface area contributed by atoms with Crippen LogP contribution in [-0.2, 0) is 28.8 Å². The van der Waals surface area contributed by atoms with Crippen LogP contribution < -0.4 is 0 Å². The van der Waals surface area contributed by atoms with Crippen molar-refractivity contribution in [2.45, 2.75) is 45.4 Å². The molecule has 2 rings (SSSR count). The van der Waals surface area contributed by atoms with E-state index in [2.05, 4.69) is 18.2 Å². The smallest absolute Gasteiger partial charge is 0.137 e. The molecule has 1 aliphatic rings. The third-order valence-electron chi connectivity index (χ3n) is 3.51. The first-order valence-electron chi connectivity index (χ1n) is 6.99. The second kappa shape index (κ2) is 6.69. The zero-order chi connectivity index (χ0) is 12.8. The number of carbonyl (C=O) groups is 1. The Morgan fingerprint density at radius 2 is 2.11 bits per heavy atom. The lowest BCUT2D eigenvalue weighted by Crippen LogP contribution is -2.05. The second-order valence-corrected chi connectivity index (χ2v) is 4.97. The van der Waals surface area contributed by atoms with Crippen molar-refractivity contribution >= 4 is 5.78 Å². The van der Waals surface area contributed by atoms with Gasteiger partial charge in [-0.05, 0) is 49.3 Å². The summed E-state index contributed by atoms with van der Waals surface area (Å²) in [6.45, 7) is 3.41. The molecule has 0 fully saturated rings. The summed E-state index contributed by atoms with van der Waals surface area (Å²) < 4.78 is 5.24. The van der Waals surface area contributed by atoms with Crippen molar-refractivity contribution in [3.63, 3.8) is 0 Å². The van der Waals surface area contributed by atoms with Crippen LogP contribution in [0.4, 0.5) is 0 Å². The Labute approximate surface area is 109 Å². The van der Waals surface area contributed by atoms with Crippen LogP contribution >= 0.6 is 0 Å². The van der Waals surface area contributed by atoms with Crippen LogP contribution in [0.3, 0.4) is 0 Å². The first-order chi connectivity index (χ1) is 8.79. The molecule has 0 spiro atoms. The fourth-order valence-electron chi connectivity index (χ4n) is 2.57. The Kier molecular flexibility index (Phi) is 4.94. The quantitative estimate of drug-likeness (QED) is 0.691. The predicted molar refractivity (Wildman–Crippen MR) is 72.9 cm³/mol. The van der Waals surface area contributed by atoms with E-state index in [1.54, 1.807) is 0 Å². The van der Waals surface area contributed by atoms with Gasteiger partial charge in [-0.25, -0.2) is 0 Å². The molecule has 0 radical (unpaired) electrons. The van der Waals surface area contributed by atoms with Gasteiger partial charge in [-0.3, -0.25) is 4.79 Å². The molecule has 1 aromatic carbocycles. The zero-order valence-electron chi connectivity index (χ0n) is 11.2. The average Bonchev–Trinajstić information content (AvgIpc) is 2.82. The van der Waals surface area contributed by atoms with E-state index >= 15 is 0 Å². The molecular formula is C16H22O2. The highest BCUT2D eigenvalue weighted by Gasteiger charge is 2.12. The van der Waals surface area contributed by atoms with Crippen LogP contribution in [0.2, 0.25) is 0 Å². The summed E-state index contributed by atoms with van der Waals surface area (Å²) in [7, 11) is 0. The topological polar surface area (TPSA) is 26.3 Å². The van der Waals surface area contributed by atoms with E-state index in [0.29, 0.717) is 25.2 Å². The Balaban J connectivity index is 1.80. The lowest BCUT2D eigenvalue weighted by atomic mass is 10.0. The highest BCUT2D eigenvalue weighted by molar-refractivity contribution is 5.80. The highest BCUT2D eigenvalue weighted by Crippen LogP contribution is 2.23. The summed E-state index contributed by atoms with van der Waals surface area (Å²) >= 11 is 0. The summed E-state index contributed by atoms with van der Waals surface area (Å²) in [6, 6.07) is 6.54. The standard InChI is InChI=1S/C16H22O2/c1-2-18-10-4-7-16(17)12-13-8-9-14-5-3-6-15(14)11-13/h8-9,11H,2-7,10,12H2,1H3. The van der Waals surface area contributed by atoms with Crippen LogP contribution in [0.25, 0.3) is 0 Å². The number of carbonyl (C=O) groups excluding carboxylic acids is 1. The van der Waals surface area contributed by atoms with Crippen molar-refractivity contribution < 1.29 is 9.53 Å². The fraction of sp³-hybridized carbons (Fsp3) is 0.562. The van der Waals surface area contributed by atoms with Crippen LogP contribution in [0.1, 0.15) is 42.9 Å². The first-order valence-corrected chi connectivity index (χ1v) is 6.99. The van der Waals surface area contributed by atoms with Gasteiger partial charge in [0.05, 0.1) is 0 Å². The number of Topliss-reactive ketones (excluding diaryl/α,β-unsaturated/α-hetero) is 1. The van der Waals surface area contributed by atoms with Crippen molar-refractivity contribution in [3.8, 4) is 0 Å². The Bertz CT molecular complexity index is 410. The maximum Gasteiger partial charge on any atom is 0.137 e. The molecule has 1 aliphatic carbocycles. The molecule has 98 valence electrons. The van der Waals surface area contributed by atoms with Gasteiger partial charge in [0.15, 0.2) is 0 Å². The van der Waals surface area contributed by atoms with Crippen LogP contribution in [0.5, 0.6) is 0 Å². The van der Waals surface area contributed by atoms with E-state index in [9.17, 15) is 4.79 Å². The summed E-state index contributed by atoms with van der Waals surface area (Å²) in [4.78, 5) is 11.8.